The van der Waals surface area contributed by atoms with Crippen molar-refractivity contribution in [2.45, 2.75) is 13.3 Å². The SMILES string of the molecule is CCc1ccc(C(=O)Nc2nccc(Cl)n2)cc1. The summed E-state index contributed by atoms with van der Waals surface area (Å²) in [4.78, 5) is 19.7. The third-order valence-corrected chi connectivity index (χ3v) is 2.68. The summed E-state index contributed by atoms with van der Waals surface area (Å²) in [5.41, 5.74) is 1.75. The topological polar surface area (TPSA) is 54.9 Å². The normalized spacial score (nSPS) is 10.1. The van der Waals surface area contributed by atoms with E-state index in [1.54, 1.807) is 18.2 Å². The van der Waals surface area contributed by atoms with Gasteiger partial charge in [0.15, 0.2) is 0 Å². The molecule has 0 unspecified atom stereocenters. The molecule has 0 aliphatic carbocycles. The lowest BCUT2D eigenvalue weighted by Crippen LogP contribution is -2.14. The van der Waals surface area contributed by atoms with E-state index < -0.39 is 0 Å². The van der Waals surface area contributed by atoms with E-state index in [4.69, 9.17) is 11.6 Å². The van der Waals surface area contributed by atoms with E-state index in [1.165, 1.54) is 11.8 Å². The van der Waals surface area contributed by atoms with Crippen LogP contribution in [0, 0.1) is 0 Å². The minimum atomic E-state index is -0.250. The first-order chi connectivity index (χ1) is 8.69. The van der Waals surface area contributed by atoms with E-state index in [0.717, 1.165) is 6.42 Å². The number of nitrogens with one attached hydrogen (secondary N) is 1. The molecule has 0 aliphatic rings. The highest BCUT2D eigenvalue weighted by Gasteiger charge is 2.07. The first-order valence-corrected chi connectivity index (χ1v) is 5.95. The van der Waals surface area contributed by atoms with Crippen LogP contribution in [0.15, 0.2) is 36.5 Å². The Kier molecular flexibility index (Phi) is 3.89. The molecule has 2 rings (SSSR count). The summed E-state index contributed by atoms with van der Waals surface area (Å²) >= 11 is 5.71. The number of hydrogen-bond acceptors (Lipinski definition) is 3. The Labute approximate surface area is 110 Å². The van der Waals surface area contributed by atoms with E-state index >= 15 is 0 Å². The summed E-state index contributed by atoms with van der Waals surface area (Å²) in [6.07, 6.45) is 2.43. The van der Waals surface area contributed by atoms with Gasteiger partial charge in [0, 0.05) is 11.8 Å². The molecule has 4 nitrogen and oxygen atoms in total. The molecule has 0 bridgehead atoms. The molecule has 0 atom stereocenters. The maximum absolute atomic E-state index is 11.9. The second kappa shape index (κ2) is 5.60. The molecule has 92 valence electrons. The highest BCUT2D eigenvalue weighted by Crippen LogP contribution is 2.09. The third-order valence-electron chi connectivity index (χ3n) is 2.47. The van der Waals surface area contributed by atoms with Gasteiger partial charge < -0.3 is 0 Å². The van der Waals surface area contributed by atoms with E-state index in [9.17, 15) is 4.79 Å². The fraction of sp³-hybridized carbons (Fsp3) is 0.154. The predicted octanol–water partition coefficient (Wildman–Crippen LogP) is 2.94. The van der Waals surface area contributed by atoms with Crippen molar-refractivity contribution in [3.8, 4) is 0 Å². The monoisotopic (exact) mass is 261 g/mol. The molecule has 5 heteroatoms. The van der Waals surface area contributed by atoms with Crippen LogP contribution in [0.25, 0.3) is 0 Å². The number of halogens is 1. The van der Waals surface area contributed by atoms with Crippen molar-refractivity contribution in [3.63, 3.8) is 0 Å². The van der Waals surface area contributed by atoms with E-state index in [2.05, 4.69) is 22.2 Å². The average molecular weight is 262 g/mol. The average Bonchev–Trinajstić information content (AvgIpc) is 2.39. The Bertz CT molecular complexity index is 554. The van der Waals surface area contributed by atoms with E-state index in [1.807, 2.05) is 12.1 Å². The number of aromatic nitrogens is 2. The molecule has 0 spiro atoms. The van der Waals surface area contributed by atoms with Gasteiger partial charge in [-0.15, -0.1) is 0 Å². The molecular weight excluding hydrogens is 250 g/mol. The highest BCUT2D eigenvalue weighted by molar-refractivity contribution is 6.29. The Balaban J connectivity index is 2.11. The van der Waals surface area contributed by atoms with Crippen molar-refractivity contribution >= 4 is 23.5 Å². The number of carbonyl (C=O) groups is 1. The second-order valence-electron chi connectivity index (χ2n) is 3.71. The van der Waals surface area contributed by atoms with Gasteiger partial charge in [0.05, 0.1) is 0 Å². The van der Waals surface area contributed by atoms with Gasteiger partial charge in [0.25, 0.3) is 5.91 Å². The molecule has 1 N–H and O–H groups in total. The van der Waals surface area contributed by atoms with Gasteiger partial charge in [0.2, 0.25) is 5.95 Å². The highest BCUT2D eigenvalue weighted by atomic mass is 35.5. The molecule has 1 heterocycles. The van der Waals surface area contributed by atoms with Crippen LogP contribution in [0.3, 0.4) is 0 Å². The summed E-state index contributed by atoms with van der Waals surface area (Å²) < 4.78 is 0. The minimum absolute atomic E-state index is 0.201. The zero-order valence-electron chi connectivity index (χ0n) is 9.85. The summed E-state index contributed by atoms with van der Waals surface area (Å²) in [7, 11) is 0. The number of rotatable bonds is 3. The minimum Gasteiger partial charge on any atom is -0.290 e. The number of amides is 1. The molecular formula is C13H12ClN3O. The van der Waals surface area contributed by atoms with Crippen LogP contribution >= 0.6 is 11.6 Å². The largest absolute Gasteiger partial charge is 0.290 e. The molecule has 0 radical (unpaired) electrons. The fourth-order valence-corrected chi connectivity index (χ4v) is 1.60. The Morgan fingerprint density at radius 2 is 2.00 bits per heavy atom. The van der Waals surface area contributed by atoms with Crippen molar-refractivity contribution in [1.82, 2.24) is 9.97 Å². The lowest BCUT2D eigenvalue weighted by molar-refractivity contribution is 0.102. The van der Waals surface area contributed by atoms with Crippen LogP contribution < -0.4 is 5.32 Å². The summed E-state index contributed by atoms with van der Waals surface area (Å²) in [6, 6.07) is 8.95. The maximum atomic E-state index is 11.9. The summed E-state index contributed by atoms with van der Waals surface area (Å²) in [5.74, 6) is -0.0491. The fourth-order valence-electron chi connectivity index (χ4n) is 1.46. The molecule has 0 saturated carbocycles. The lowest BCUT2D eigenvalue weighted by atomic mass is 10.1. The van der Waals surface area contributed by atoms with Crippen molar-refractivity contribution in [3.05, 3.63) is 52.8 Å². The van der Waals surface area contributed by atoms with Crippen molar-refractivity contribution < 1.29 is 4.79 Å². The van der Waals surface area contributed by atoms with E-state index in [0.29, 0.717) is 10.7 Å². The number of carbonyl (C=O) groups excluding carboxylic acids is 1. The predicted molar refractivity (Wildman–Crippen MR) is 70.8 cm³/mol. The van der Waals surface area contributed by atoms with Gasteiger partial charge in [-0.2, -0.15) is 0 Å². The van der Waals surface area contributed by atoms with Gasteiger partial charge in [-0.25, -0.2) is 9.97 Å². The van der Waals surface area contributed by atoms with Crippen LogP contribution in [-0.2, 0) is 6.42 Å². The molecule has 2 aromatic rings. The first-order valence-electron chi connectivity index (χ1n) is 5.58. The standard InChI is InChI=1S/C13H12ClN3O/c1-2-9-3-5-10(6-4-9)12(18)17-13-15-8-7-11(14)16-13/h3-8H,2H2,1H3,(H,15,16,17,18). The van der Waals surface area contributed by atoms with Crippen molar-refractivity contribution in [1.29, 1.82) is 0 Å². The second-order valence-corrected chi connectivity index (χ2v) is 4.09. The molecule has 1 amide bonds. The Hall–Kier alpha value is -1.94. The first kappa shape index (κ1) is 12.5. The number of hydrogen-bond donors (Lipinski definition) is 1. The summed E-state index contributed by atoms with van der Waals surface area (Å²) in [6.45, 7) is 2.06. The molecule has 0 aliphatic heterocycles. The maximum Gasteiger partial charge on any atom is 0.258 e. The van der Waals surface area contributed by atoms with Gasteiger partial charge in [-0.05, 0) is 30.2 Å². The lowest BCUT2D eigenvalue weighted by Gasteiger charge is -2.04. The van der Waals surface area contributed by atoms with Crippen LogP contribution in [0.5, 0.6) is 0 Å². The number of anilines is 1. The Morgan fingerprint density at radius 1 is 1.28 bits per heavy atom. The molecule has 1 aromatic heterocycles. The van der Waals surface area contributed by atoms with E-state index in [-0.39, 0.29) is 11.9 Å². The Morgan fingerprint density at radius 3 is 2.61 bits per heavy atom. The number of aryl methyl sites for hydroxylation is 1. The van der Waals surface area contributed by atoms with Crippen molar-refractivity contribution in [2.24, 2.45) is 0 Å². The van der Waals surface area contributed by atoms with Crippen LogP contribution in [-0.4, -0.2) is 15.9 Å². The molecule has 0 saturated heterocycles. The molecule has 18 heavy (non-hydrogen) atoms. The third kappa shape index (κ3) is 3.05. The van der Waals surface area contributed by atoms with Gasteiger partial charge in [-0.3, -0.25) is 10.1 Å². The summed E-state index contributed by atoms with van der Waals surface area (Å²) in [5, 5.41) is 2.88. The quantitative estimate of drug-likeness (QED) is 0.865. The molecule has 1 aromatic carbocycles. The van der Waals surface area contributed by atoms with Crippen LogP contribution in [0.2, 0.25) is 5.15 Å². The van der Waals surface area contributed by atoms with Gasteiger partial charge in [-0.1, -0.05) is 30.7 Å². The number of nitrogens with zero attached hydrogens (tertiary/aromatic N) is 2. The van der Waals surface area contributed by atoms with Gasteiger partial charge >= 0.3 is 0 Å². The zero-order valence-corrected chi connectivity index (χ0v) is 10.6. The zero-order chi connectivity index (χ0) is 13.0. The molecule has 0 fully saturated rings. The van der Waals surface area contributed by atoms with Crippen LogP contribution in [0.4, 0.5) is 5.95 Å². The van der Waals surface area contributed by atoms with Gasteiger partial charge in [0.1, 0.15) is 5.15 Å². The smallest absolute Gasteiger partial charge is 0.258 e. The van der Waals surface area contributed by atoms with Crippen molar-refractivity contribution in [2.75, 3.05) is 5.32 Å². The number of benzene rings is 1. The van der Waals surface area contributed by atoms with Crippen LogP contribution in [0.1, 0.15) is 22.8 Å².